The minimum atomic E-state index is -0.355. The summed E-state index contributed by atoms with van der Waals surface area (Å²) in [7, 11) is 0. The quantitative estimate of drug-likeness (QED) is 0.847. The van der Waals surface area contributed by atoms with E-state index in [-0.39, 0.29) is 18.0 Å². The van der Waals surface area contributed by atoms with Gasteiger partial charge in [0.1, 0.15) is 0 Å². The van der Waals surface area contributed by atoms with Crippen LogP contribution in [0.5, 0.6) is 0 Å². The van der Waals surface area contributed by atoms with E-state index in [1.54, 1.807) is 6.92 Å². The largest absolute Gasteiger partial charge is 0.450 e. The summed E-state index contributed by atoms with van der Waals surface area (Å²) in [6.45, 7) is 6.12. The molecule has 2 heterocycles. The van der Waals surface area contributed by atoms with E-state index in [1.807, 2.05) is 4.90 Å². The van der Waals surface area contributed by atoms with Crippen molar-refractivity contribution in [1.29, 1.82) is 0 Å². The zero-order valence-electron chi connectivity index (χ0n) is 13.0. The highest BCUT2D eigenvalue weighted by Gasteiger charge is 2.25. The van der Waals surface area contributed by atoms with Gasteiger partial charge in [-0.2, -0.15) is 0 Å². The zero-order valence-corrected chi connectivity index (χ0v) is 13.0. The van der Waals surface area contributed by atoms with Crippen molar-refractivity contribution >= 4 is 12.0 Å². The minimum absolute atomic E-state index is 0.0898. The van der Waals surface area contributed by atoms with E-state index < -0.39 is 0 Å². The highest BCUT2D eigenvalue weighted by molar-refractivity contribution is 5.78. The molecule has 2 amide bonds. The summed E-state index contributed by atoms with van der Waals surface area (Å²) in [6.07, 6.45) is 5.08. The first-order chi connectivity index (χ1) is 10.2. The third-order valence-corrected chi connectivity index (χ3v) is 4.17. The molecule has 1 N–H and O–H groups in total. The Morgan fingerprint density at radius 3 is 2.62 bits per heavy atom. The molecular weight excluding hydrogens is 270 g/mol. The molecule has 0 aromatic carbocycles. The Kier molecular flexibility index (Phi) is 6.29. The first-order valence-electron chi connectivity index (χ1n) is 8.12. The first-order valence-corrected chi connectivity index (χ1v) is 8.12. The van der Waals surface area contributed by atoms with Gasteiger partial charge in [0.25, 0.3) is 0 Å². The lowest BCUT2D eigenvalue weighted by Crippen LogP contribution is -2.51. The van der Waals surface area contributed by atoms with Crippen LogP contribution in [0.2, 0.25) is 0 Å². The third-order valence-electron chi connectivity index (χ3n) is 4.17. The van der Waals surface area contributed by atoms with Gasteiger partial charge in [0.2, 0.25) is 5.91 Å². The fraction of sp³-hybridized carbons (Fsp3) is 0.867. The smallest absolute Gasteiger partial charge is 0.407 e. The molecule has 120 valence electrons. The number of carbonyl (C=O) groups is 2. The van der Waals surface area contributed by atoms with Gasteiger partial charge in [-0.25, -0.2) is 4.79 Å². The maximum absolute atomic E-state index is 12.3. The van der Waals surface area contributed by atoms with Crippen molar-refractivity contribution in [3.63, 3.8) is 0 Å². The van der Waals surface area contributed by atoms with E-state index in [0.717, 1.165) is 51.9 Å². The first kappa shape index (κ1) is 16.1. The molecule has 2 saturated heterocycles. The van der Waals surface area contributed by atoms with Crippen LogP contribution in [0.25, 0.3) is 0 Å². The average molecular weight is 297 g/mol. The lowest BCUT2D eigenvalue weighted by Gasteiger charge is -2.34. The molecule has 2 fully saturated rings. The Morgan fingerprint density at radius 1 is 1.14 bits per heavy atom. The van der Waals surface area contributed by atoms with Crippen LogP contribution in [0.15, 0.2) is 0 Å². The summed E-state index contributed by atoms with van der Waals surface area (Å²) in [6, 6.07) is 0.0898. The number of rotatable bonds is 4. The van der Waals surface area contributed by atoms with Crippen molar-refractivity contribution in [1.82, 2.24) is 15.1 Å². The topological polar surface area (TPSA) is 61.9 Å². The predicted molar refractivity (Wildman–Crippen MR) is 80.1 cm³/mol. The van der Waals surface area contributed by atoms with Crippen LogP contribution in [0.1, 0.15) is 39.0 Å². The van der Waals surface area contributed by atoms with Crippen molar-refractivity contribution in [3.8, 4) is 0 Å². The fourth-order valence-electron chi connectivity index (χ4n) is 3.09. The van der Waals surface area contributed by atoms with Gasteiger partial charge in [0.05, 0.1) is 13.2 Å². The van der Waals surface area contributed by atoms with Gasteiger partial charge in [-0.05, 0) is 45.6 Å². The second kappa shape index (κ2) is 8.22. The van der Waals surface area contributed by atoms with Crippen LogP contribution in [0.3, 0.4) is 0 Å². The van der Waals surface area contributed by atoms with Crippen molar-refractivity contribution in [2.24, 2.45) is 0 Å². The number of nitrogens with zero attached hydrogens (tertiary/aromatic N) is 2. The predicted octanol–water partition coefficient (Wildman–Crippen LogP) is 1.21. The molecule has 2 aliphatic rings. The van der Waals surface area contributed by atoms with Gasteiger partial charge in [-0.3, -0.25) is 9.69 Å². The lowest BCUT2D eigenvalue weighted by molar-refractivity contribution is -0.133. The molecule has 2 rings (SSSR count). The van der Waals surface area contributed by atoms with Gasteiger partial charge in [-0.15, -0.1) is 0 Å². The van der Waals surface area contributed by atoms with Gasteiger partial charge in [0, 0.05) is 25.7 Å². The number of carbonyl (C=O) groups excluding carboxylic acids is 2. The lowest BCUT2D eigenvalue weighted by atomic mass is 10.1. The number of piperidine rings is 2. The molecule has 0 aromatic heterocycles. The summed E-state index contributed by atoms with van der Waals surface area (Å²) in [4.78, 5) is 27.9. The Hall–Kier alpha value is -1.30. The molecule has 6 nitrogen and oxygen atoms in total. The molecule has 1 atom stereocenters. The Labute approximate surface area is 126 Å². The van der Waals surface area contributed by atoms with E-state index in [2.05, 4.69) is 10.2 Å². The van der Waals surface area contributed by atoms with Gasteiger partial charge in [0.15, 0.2) is 0 Å². The summed E-state index contributed by atoms with van der Waals surface area (Å²) < 4.78 is 4.91. The van der Waals surface area contributed by atoms with Gasteiger partial charge >= 0.3 is 6.09 Å². The second-order valence-electron chi connectivity index (χ2n) is 5.88. The fourth-order valence-corrected chi connectivity index (χ4v) is 3.09. The second-order valence-corrected chi connectivity index (χ2v) is 5.88. The molecule has 2 aliphatic heterocycles. The number of ether oxygens (including phenoxy) is 1. The Morgan fingerprint density at radius 2 is 1.90 bits per heavy atom. The van der Waals surface area contributed by atoms with Crippen molar-refractivity contribution in [2.75, 3.05) is 39.3 Å². The van der Waals surface area contributed by atoms with Crippen LogP contribution in [0, 0.1) is 0 Å². The number of hydrogen-bond donors (Lipinski definition) is 1. The maximum Gasteiger partial charge on any atom is 0.407 e. The highest BCUT2D eigenvalue weighted by Crippen LogP contribution is 2.13. The highest BCUT2D eigenvalue weighted by atomic mass is 16.5. The molecule has 0 unspecified atom stereocenters. The molecule has 0 aromatic rings. The maximum atomic E-state index is 12.3. The molecule has 6 heteroatoms. The normalized spacial score (nSPS) is 23.7. The van der Waals surface area contributed by atoms with Crippen LogP contribution < -0.4 is 5.32 Å². The standard InChI is InChI=1S/C15H27N3O3/c1-2-21-15(20)16-13-7-6-8-17(11-13)12-14(19)18-9-4-3-5-10-18/h13H,2-12H2,1H3,(H,16,20)/t13-/m1/s1. The van der Waals surface area contributed by atoms with Crippen molar-refractivity contribution < 1.29 is 14.3 Å². The third kappa shape index (κ3) is 5.19. The number of likely N-dealkylation sites (tertiary alicyclic amines) is 2. The Balaban J connectivity index is 1.75. The van der Waals surface area contributed by atoms with Gasteiger partial charge in [-0.1, -0.05) is 0 Å². The molecule has 0 saturated carbocycles. The molecule has 0 aliphatic carbocycles. The molecule has 21 heavy (non-hydrogen) atoms. The van der Waals surface area contributed by atoms with Crippen LogP contribution in [0.4, 0.5) is 4.79 Å². The van der Waals surface area contributed by atoms with E-state index in [1.165, 1.54) is 6.42 Å². The van der Waals surface area contributed by atoms with E-state index in [0.29, 0.717) is 13.2 Å². The number of amides is 2. The summed E-state index contributed by atoms with van der Waals surface area (Å²) in [5.41, 5.74) is 0. The summed E-state index contributed by atoms with van der Waals surface area (Å²) in [5, 5.41) is 2.87. The van der Waals surface area contributed by atoms with E-state index in [9.17, 15) is 9.59 Å². The number of nitrogens with one attached hydrogen (secondary N) is 1. The van der Waals surface area contributed by atoms with Crippen LogP contribution in [-0.2, 0) is 9.53 Å². The zero-order chi connectivity index (χ0) is 15.1. The summed E-state index contributed by atoms with van der Waals surface area (Å²) >= 11 is 0. The average Bonchev–Trinajstić information content (AvgIpc) is 2.48. The molecule has 0 spiro atoms. The van der Waals surface area contributed by atoms with Crippen LogP contribution in [-0.4, -0.2) is 67.2 Å². The molecule has 0 radical (unpaired) electrons. The minimum Gasteiger partial charge on any atom is -0.450 e. The van der Waals surface area contributed by atoms with Gasteiger partial charge < -0.3 is 15.0 Å². The van der Waals surface area contributed by atoms with E-state index >= 15 is 0 Å². The van der Waals surface area contributed by atoms with E-state index in [4.69, 9.17) is 4.74 Å². The number of alkyl carbamates (subject to hydrolysis) is 1. The SMILES string of the molecule is CCOC(=O)N[C@@H]1CCCN(CC(=O)N2CCCCC2)C1. The van der Waals surface area contributed by atoms with Crippen molar-refractivity contribution in [3.05, 3.63) is 0 Å². The Bertz CT molecular complexity index is 356. The van der Waals surface area contributed by atoms with Crippen LogP contribution >= 0.6 is 0 Å². The monoisotopic (exact) mass is 297 g/mol. The molecule has 0 bridgehead atoms. The summed E-state index contributed by atoms with van der Waals surface area (Å²) in [5.74, 6) is 0.228. The number of hydrogen-bond acceptors (Lipinski definition) is 4. The van der Waals surface area contributed by atoms with Crippen molar-refractivity contribution in [2.45, 2.75) is 45.1 Å². The molecular formula is C15H27N3O3.